The Hall–Kier alpha value is -4.49. The largest absolute Gasteiger partial charge is 0.350 e. The summed E-state index contributed by atoms with van der Waals surface area (Å²) in [6.45, 7) is 0.353. The molecule has 35 heavy (non-hydrogen) atoms. The molecule has 0 saturated heterocycles. The first-order chi connectivity index (χ1) is 17.2. The van der Waals surface area contributed by atoms with Crippen LogP contribution in [0.25, 0.3) is 33.6 Å². The van der Waals surface area contributed by atoms with Crippen LogP contribution in [0.1, 0.15) is 5.56 Å². The first-order valence-electron chi connectivity index (χ1n) is 11.0. The van der Waals surface area contributed by atoms with Crippen LogP contribution in [0, 0.1) is 0 Å². The second-order valence-corrected chi connectivity index (χ2v) is 8.53. The Morgan fingerprint density at radius 1 is 0.800 bits per heavy atom. The molecule has 4 heterocycles. The lowest BCUT2D eigenvalue weighted by molar-refractivity contribution is 0.658. The zero-order chi connectivity index (χ0) is 23.8. The third kappa shape index (κ3) is 3.92. The van der Waals surface area contributed by atoms with Gasteiger partial charge in [0.2, 0.25) is 0 Å². The van der Waals surface area contributed by atoms with E-state index < -0.39 is 0 Å². The first-order valence-corrected chi connectivity index (χ1v) is 11.4. The second-order valence-electron chi connectivity index (χ2n) is 8.10. The molecule has 0 aliphatic rings. The van der Waals surface area contributed by atoms with E-state index in [1.807, 2.05) is 79.0 Å². The van der Waals surface area contributed by atoms with Crippen molar-refractivity contribution >= 4 is 17.2 Å². The van der Waals surface area contributed by atoms with Crippen molar-refractivity contribution in [1.82, 2.24) is 28.9 Å². The van der Waals surface area contributed by atoms with Gasteiger partial charge in [0, 0.05) is 41.6 Å². The lowest BCUT2D eigenvalue weighted by Crippen LogP contribution is -2.21. The Balaban J connectivity index is 1.46. The number of halogens is 1. The Morgan fingerprint density at radius 2 is 1.57 bits per heavy atom. The SMILES string of the molecule is O=c1n(Cc2ccc(-n3cccn3)cc2)nc2c(-c3ccncc3)c(-c3ccc(Cl)cc3)ccn12. The molecule has 0 bridgehead atoms. The molecule has 0 atom stereocenters. The van der Waals surface area contributed by atoms with Crippen LogP contribution < -0.4 is 5.69 Å². The summed E-state index contributed by atoms with van der Waals surface area (Å²) >= 11 is 6.12. The van der Waals surface area contributed by atoms with Gasteiger partial charge in [0.1, 0.15) is 0 Å². The van der Waals surface area contributed by atoms with E-state index in [9.17, 15) is 4.79 Å². The summed E-state index contributed by atoms with van der Waals surface area (Å²) in [5.41, 5.74) is 6.04. The highest BCUT2D eigenvalue weighted by molar-refractivity contribution is 6.30. The Labute approximate surface area is 205 Å². The molecule has 0 aliphatic carbocycles. The predicted molar refractivity (Wildman–Crippen MR) is 136 cm³/mol. The lowest BCUT2D eigenvalue weighted by Gasteiger charge is -2.11. The third-order valence-electron chi connectivity index (χ3n) is 5.92. The minimum absolute atomic E-state index is 0.200. The fourth-order valence-corrected chi connectivity index (χ4v) is 4.33. The van der Waals surface area contributed by atoms with E-state index in [0.29, 0.717) is 17.2 Å². The number of hydrogen-bond acceptors (Lipinski definition) is 4. The molecule has 2 aromatic carbocycles. The van der Waals surface area contributed by atoms with Crippen molar-refractivity contribution in [3.05, 3.63) is 125 Å². The highest BCUT2D eigenvalue weighted by Gasteiger charge is 2.17. The fraction of sp³-hybridized carbons (Fsp3) is 0.0370. The molecule has 0 aliphatic heterocycles. The topological polar surface area (TPSA) is 70.0 Å². The maximum Gasteiger partial charge on any atom is 0.350 e. The molecule has 7 nitrogen and oxygen atoms in total. The van der Waals surface area contributed by atoms with E-state index in [1.54, 1.807) is 33.9 Å². The van der Waals surface area contributed by atoms with Crippen molar-refractivity contribution in [2.45, 2.75) is 6.54 Å². The van der Waals surface area contributed by atoms with E-state index in [0.717, 1.165) is 33.5 Å². The van der Waals surface area contributed by atoms with Crippen molar-refractivity contribution in [3.8, 4) is 27.9 Å². The van der Waals surface area contributed by atoms with Gasteiger partial charge < -0.3 is 0 Å². The quantitative estimate of drug-likeness (QED) is 0.345. The van der Waals surface area contributed by atoms with Crippen LogP contribution in [0.15, 0.2) is 109 Å². The molecule has 0 fully saturated rings. The lowest BCUT2D eigenvalue weighted by atomic mass is 9.96. The Kier molecular flexibility index (Phi) is 5.24. The van der Waals surface area contributed by atoms with Crippen molar-refractivity contribution in [1.29, 1.82) is 0 Å². The molecule has 170 valence electrons. The maximum atomic E-state index is 13.3. The molecule has 4 aromatic heterocycles. The number of rotatable bonds is 5. The summed E-state index contributed by atoms with van der Waals surface area (Å²) < 4.78 is 4.88. The molecule has 6 rings (SSSR count). The van der Waals surface area contributed by atoms with Gasteiger partial charge >= 0.3 is 5.69 Å². The molecule has 0 amide bonds. The summed E-state index contributed by atoms with van der Waals surface area (Å²) in [6, 6.07) is 23.2. The van der Waals surface area contributed by atoms with Gasteiger partial charge in [-0.2, -0.15) is 5.10 Å². The molecular weight excluding hydrogens is 460 g/mol. The van der Waals surface area contributed by atoms with Crippen LogP contribution in [-0.4, -0.2) is 28.9 Å². The minimum Gasteiger partial charge on any atom is -0.265 e. The van der Waals surface area contributed by atoms with E-state index in [2.05, 4.69) is 10.1 Å². The number of pyridine rings is 2. The van der Waals surface area contributed by atoms with Crippen LogP contribution in [0.4, 0.5) is 0 Å². The summed E-state index contributed by atoms with van der Waals surface area (Å²) in [7, 11) is 0. The average molecular weight is 479 g/mol. The van der Waals surface area contributed by atoms with Crippen molar-refractivity contribution < 1.29 is 0 Å². The normalized spacial score (nSPS) is 11.2. The molecule has 0 radical (unpaired) electrons. The van der Waals surface area contributed by atoms with Crippen molar-refractivity contribution in [2.75, 3.05) is 0 Å². The molecule has 0 unspecified atom stereocenters. The summed E-state index contributed by atoms with van der Waals surface area (Å²) in [5, 5.41) is 9.68. The Morgan fingerprint density at radius 3 is 2.29 bits per heavy atom. The highest BCUT2D eigenvalue weighted by atomic mass is 35.5. The van der Waals surface area contributed by atoms with Crippen LogP contribution in [0.3, 0.4) is 0 Å². The van der Waals surface area contributed by atoms with Crippen LogP contribution in [0.2, 0.25) is 5.02 Å². The smallest absolute Gasteiger partial charge is 0.265 e. The maximum absolute atomic E-state index is 13.3. The van der Waals surface area contributed by atoms with Gasteiger partial charge in [-0.3, -0.25) is 4.98 Å². The van der Waals surface area contributed by atoms with Gasteiger partial charge in [0.25, 0.3) is 0 Å². The molecule has 0 N–H and O–H groups in total. The number of aromatic nitrogens is 6. The molecule has 0 saturated carbocycles. The number of nitrogens with zero attached hydrogens (tertiary/aromatic N) is 6. The van der Waals surface area contributed by atoms with Gasteiger partial charge in [0.05, 0.1) is 12.2 Å². The van der Waals surface area contributed by atoms with Gasteiger partial charge in [0.15, 0.2) is 5.65 Å². The van der Waals surface area contributed by atoms with Gasteiger partial charge in [-0.1, -0.05) is 35.9 Å². The van der Waals surface area contributed by atoms with Gasteiger partial charge in [-0.05, 0) is 70.8 Å². The fourth-order valence-electron chi connectivity index (χ4n) is 4.20. The third-order valence-corrected chi connectivity index (χ3v) is 6.17. The zero-order valence-corrected chi connectivity index (χ0v) is 19.2. The summed E-state index contributed by atoms with van der Waals surface area (Å²) in [5.74, 6) is 0. The van der Waals surface area contributed by atoms with Crippen LogP contribution in [-0.2, 0) is 6.54 Å². The van der Waals surface area contributed by atoms with E-state index >= 15 is 0 Å². The van der Waals surface area contributed by atoms with E-state index in [-0.39, 0.29) is 5.69 Å². The van der Waals surface area contributed by atoms with Gasteiger partial charge in [-0.25, -0.2) is 18.6 Å². The monoisotopic (exact) mass is 478 g/mol. The average Bonchev–Trinajstić information content (AvgIpc) is 3.54. The number of fused-ring (bicyclic) bond motifs is 1. The predicted octanol–water partition coefficient (Wildman–Crippen LogP) is 5.11. The second kappa shape index (κ2) is 8.70. The standard InChI is InChI=1S/C27H19ClN6O/c28-22-6-4-20(5-7-22)24-12-17-32-26(25(24)21-10-14-29-15-11-21)31-34(27(32)35)18-19-2-8-23(9-3-19)33-16-1-13-30-33/h1-17H,18H2. The zero-order valence-electron chi connectivity index (χ0n) is 18.5. The highest BCUT2D eigenvalue weighted by Crippen LogP contribution is 2.34. The van der Waals surface area contributed by atoms with Crippen molar-refractivity contribution in [3.63, 3.8) is 0 Å². The Bertz CT molecular complexity index is 1670. The molecular formula is C27H19ClN6O. The van der Waals surface area contributed by atoms with Crippen LogP contribution >= 0.6 is 11.6 Å². The van der Waals surface area contributed by atoms with Crippen LogP contribution in [0.5, 0.6) is 0 Å². The van der Waals surface area contributed by atoms with E-state index in [1.165, 1.54) is 4.68 Å². The molecule has 0 spiro atoms. The number of benzene rings is 2. The molecule has 8 heteroatoms. The van der Waals surface area contributed by atoms with Gasteiger partial charge in [-0.15, -0.1) is 5.10 Å². The van der Waals surface area contributed by atoms with Crippen molar-refractivity contribution in [2.24, 2.45) is 0 Å². The van der Waals surface area contributed by atoms with E-state index in [4.69, 9.17) is 16.7 Å². The molecule has 6 aromatic rings. The number of hydrogen-bond donors (Lipinski definition) is 0. The summed E-state index contributed by atoms with van der Waals surface area (Å²) in [6.07, 6.45) is 8.88. The minimum atomic E-state index is -0.200. The summed E-state index contributed by atoms with van der Waals surface area (Å²) in [4.78, 5) is 17.4. The first kappa shape index (κ1) is 21.1.